The lowest BCUT2D eigenvalue weighted by molar-refractivity contribution is -0.126. The van der Waals surface area contributed by atoms with Crippen LogP contribution in [0, 0.1) is 5.92 Å². The molecule has 1 aliphatic rings. The van der Waals surface area contributed by atoms with Crippen LogP contribution in [0.15, 0.2) is 0 Å². The summed E-state index contributed by atoms with van der Waals surface area (Å²) >= 11 is 0. The minimum absolute atomic E-state index is 0.105. The first-order chi connectivity index (χ1) is 9.78. The van der Waals surface area contributed by atoms with E-state index in [1.54, 1.807) is 0 Å². The fourth-order valence-electron chi connectivity index (χ4n) is 2.36. The molecule has 4 N–H and O–H groups in total. The molecule has 1 aliphatic carbocycles. The molecule has 1 saturated carbocycles. The number of ether oxygens (including phenoxy) is 1. The van der Waals surface area contributed by atoms with Crippen molar-refractivity contribution in [1.29, 1.82) is 0 Å². The van der Waals surface area contributed by atoms with E-state index in [1.165, 1.54) is 0 Å². The van der Waals surface area contributed by atoms with Crippen molar-refractivity contribution in [3.8, 4) is 0 Å². The van der Waals surface area contributed by atoms with E-state index in [2.05, 4.69) is 10.8 Å². The zero-order chi connectivity index (χ0) is 15.9. The predicted octanol–water partition coefficient (Wildman–Crippen LogP) is 1.08. The van der Waals surface area contributed by atoms with Crippen molar-refractivity contribution in [2.24, 2.45) is 11.7 Å². The van der Waals surface area contributed by atoms with Crippen molar-refractivity contribution in [2.75, 3.05) is 13.2 Å². The lowest BCUT2D eigenvalue weighted by Crippen LogP contribution is -2.45. The number of hydrogen-bond acceptors (Lipinski definition) is 5. The molecule has 2 amide bonds. The number of rotatable bonds is 6. The molecule has 0 spiro atoms. The Bertz CT molecular complexity index is 355. The molecule has 122 valence electrons. The Kier molecular flexibility index (Phi) is 6.91. The Morgan fingerprint density at radius 3 is 2.52 bits per heavy atom. The SMILES string of the molecule is CC(C)(C)OC(=O)NCC1CCCCC1NOCC(N)=O. The highest BCUT2D eigenvalue weighted by Crippen LogP contribution is 2.24. The van der Waals surface area contributed by atoms with Gasteiger partial charge in [0.15, 0.2) is 0 Å². The van der Waals surface area contributed by atoms with Gasteiger partial charge in [-0.1, -0.05) is 12.8 Å². The smallest absolute Gasteiger partial charge is 0.407 e. The van der Waals surface area contributed by atoms with E-state index in [-0.39, 0.29) is 18.6 Å². The molecule has 0 aliphatic heterocycles. The third-order valence-electron chi connectivity index (χ3n) is 3.27. The van der Waals surface area contributed by atoms with Gasteiger partial charge in [-0.3, -0.25) is 9.63 Å². The lowest BCUT2D eigenvalue weighted by Gasteiger charge is -2.32. The first-order valence-corrected chi connectivity index (χ1v) is 7.40. The molecular weight excluding hydrogens is 274 g/mol. The highest BCUT2D eigenvalue weighted by Gasteiger charge is 2.26. The van der Waals surface area contributed by atoms with Crippen LogP contribution >= 0.6 is 0 Å². The highest BCUT2D eigenvalue weighted by atomic mass is 16.6. The number of alkyl carbamates (subject to hydrolysis) is 1. The second-order valence-corrected chi connectivity index (χ2v) is 6.41. The summed E-state index contributed by atoms with van der Waals surface area (Å²) in [5.41, 5.74) is 7.40. The van der Waals surface area contributed by atoms with Crippen LogP contribution in [0.2, 0.25) is 0 Å². The second-order valence-electron chi connectivity index (χ2n) is 6.41. The fraction of sp³-hybridized carbons (Fsp3) is 0.857. The average molecular weight is 301 g/mol. The van der Waals surface area contributed by atoms with Crippen molar-refractivity contribution in [2.45, 2.75) is 58.1 Å². The zero-order valence-corrected chi connectivity index (χ0v) is 13.1. The highest BCUT2D eigenvalue weighted by molar-refractivity contribution is 5.74. The van der Waals surface area contributed by atoms with Crippen LogP contribution in [0.3, 0.4) is 0 Å². The summed E-state index contributed by atoms with van der Waals surface area (Å²) in [4.78, 5) is 27.4. The van der Waals surface area contributed by atoms with E-state index in [1.807, 2.05) is 20.8 Å². The van der Waals surface area contributed by atoms with E-state index in [9.17, 15) is 9.59 Å². The number of carbonyl (C=O) groups is 2. The van der Waals surface area contributed by atoms with Gasteiger partial charge in [-0.15, -0.1) is 0 Å². The Hall–Kier alpha value is -1.34. The number of nitrogens with two attached hydrogens (primary N) is 1. The maximum Gasteiger partial charge on any atom is 0.407 e. The Morgan fingerprint density at radius 2 is 1.90 bits per heavy atom. The van der Waals surface area contributed by atoms with E-state index in [0.29, 0.717) is 6.54 Å². The maximum atomic E-state index is 11.7. The molecule has 1 rings (SSSR count). The van der Waals surface area contributed by atoms with Crippen molar-refractivity contribution in [1.82, 2.24) is 10.8 Å². The Morgan fingerprint density at radius 1 is 1.24 bits per heavy atom. The zero-order valence-electron chi connectivity index (χ0n) is 13.1. The van der Waals surface area contributed by atoms with Gasteiger partial charge in [-0.05, 0) is 39.5 Å². The number of hydroxylamine groups is 1. The molecule has 0 aromatic heterocycles. The topological polar surface area (TPSA) is 103 Å². The summed E-state index contributed by atoms with van der Waals surface area (Å²) in [6.45, 7) is 5.86. The van der Waals surface area contributed by atoms with Gasteiger partial charge in [0, 0.05) is 12.6 Å². The average Bonchev–Trinajstić information content (AvgIpc) is 2.35. The van der Waals surface area contributed by atoms with Crippen molar-refractivity contribution < 1.29 is 19.2 Å². The normalized spacial score (nSPS) is 22.6. The van der Waals surface area contributed by atoms with Crippen molar-refractivity contribution in [3.63, 3.8) is 0 Å². The summed E-state index contributed by atoms with van der Waals surface area (Å²) in [6, 6.07) is 0.105. The van der Waals surface area contributed by atoms with Crippen LogP contribution in [0.5, 0.6) is 0 Å². The molecule has 0 bridgehead atoms. The van der Waals surface area contributed by atoms with E-state index < -0.39 is 17.6 Å². The van der Waals surface area contributed by atoms with Gasteiger partial charge < -0.3 is 15.8 Å². The minimum atomic E-state index is -0.512. The third kappa shape index (κ3) is 7.87. The number of carbonyl (C=O) groups excluding carboxylic acids is 2. The van der Waals surface area contributed by atoms with Gasteiger partial charge in [0.25, 0.3) is 0 Å². The van der Waals surface area contributed by atoms with Crippen LogP contribution < -0.4 is 16.5 Å². The molecule has 7 nitrogen and oxygen atoms in total. The molecular formula is C14H27N3O4. The maximum absolute atomic E-state index is 11.7. The monoisotopic (exact) mass is 301 g/mol. The molecule has 21 heavy (non-hydrogen) atoms. The molecule has 2 unspecified atom stereocenters. The second kappa shape index (κ2) is 8.19. The van der Waals surface area contributed by atoms with Crippen molar-refractivity contribution in [3.05, 3.63) is 0 Å². The summed E-state index contributed by atoms with van der Waals surface area (Å²) in [5, 5.41) is 2.79. The molecule has 0 radical (unpaired) electrons. The van der Waals surface area contributed by atoms with Crippen LogP contribution in [0.1, 0.15) is 46.5 Å². The molecule has 0 aromatic rings. The molecule has 0 aromatic carbocycles. The molecule has 2 atom stereocenters. The number of primary amides is 1. The first kappa shape index (κ1) is 17.7. The summed E-state index contributed by atoms with van der Waals surface area (Å²) in [6.07, 6.45) is 3.74. The quantitative estimate of drug-likeness (QED) is 0.637. The van der Waals surface area contributed by atoms with E-state index in [0.717, 1.165) is 25.7 Å². The summed E-state index contributed by atoms with van der Waals surface area (Å²) < 4.78 is 5.21. The van der Waals surface area contributed by atoms with Crippen LogP contribution in [-0.2, 0) is 14.4 Å². The van der Waals surface area contributed by atoms with Gasteiger partial charge in [-0.25, -0.2) is 4.79 Å². The van der Waals surface area contributed by atoms with Crippen LogP contribution in [0.25, 0.3) is 0 Å². The Balaban J connectivity index is 2.35. The number of nitrogens with one attached hydrogen (secondary N) is 2. The van der Waals surface area contributed by atoms with Gasteiger partial charge in [0.2, 0.25) is 5.91 Å². The standard InChI is InChI=1S/C14H27N3O4/c1-14(2,3)21-13(19)16-8-10-6-4-5-7-11(10)17-20-9-12(15)18/h10-11,17H,4-9H2,1-3H3,(H2,15,18)(H,16,19). The third-order valence-corrected chi connectivity index (χ3v) is 3.27. The molecule has 7 heteroatoms. The van der Waals surface area contributed by atoms with Gasteiger partial charge in [-0.2, -0.15) is 5.48 Å². The van der Waals surface area contributed by atoms with E-state index in [4.69, 9.17) is 15.3 Å². The molecule has 1 fully saturated rings. The van der Waals surface area contributed by atoms with Crippen LogP contribution in [0.4, 0.5) is 4.79 Å². The largest absolute Gasteiger partial charge is 0.444 e. The van der Waals surface area contributed by atoms with Gasteiger partial charge >= 0.3 is 6.09 Å². The minimum Gasteiger partial charge on any atom is -0.444 e. The summed E-state index contributed by atoms with van der Waals surface area (Å²) in [7, 11) is 0. The number of amides is 2. The van der Waals surface area contributed by atoms with Gasteiger partial charge in [0.1, 0.15) is 12.2 Å². The Labute approximate surface area is 125 Å². The number of hydrogen-bond donors (Lipinski definition) is 3. The fourth-order valence-corrected chi connectivity index (χ4v) is 2.36. The molecule has 0 saturated heterocycles. The van der Waals surface area contributed by atoms with Crippen LogP contribution in [-0.4, -0.2) is 36.8 Å². The van der Waals surface area contributed by atoms with Crippen molar-refractivity contribution >= 4 is 12.0 Å². The lowest BCUT2D eigenvalue weighted by atomic mass is 9.85. The predicted molar refractivity (Wildman–Crippen MR) is 78.3 cm³/mol. The first-order valence-electron chi connectivity index (χ1n) is 7.40. The van der Waals surface area contributed by atoms with Gasteiger partial charge in [0.05, 0.1) is 0 Å². The van der Waals surface area contributed by atoms with E-state index >= 15 is 0 Å². The molecule has 0 heterocycles. The summed E-state index contributed by atoms with van der Waals surface area (Å²) in [5.74, 6) is -0.263.